The lowest BCUT2D eigenvalue weighted by Crippen LogP contribution is -2.13. The monoisotopic (exact) mass is 376 g/mol. The van der Waals surface area contributed by atoms with Crippen LogP contribution in [-0.2, 0) is 17.0 Å². The number of benzene rings is 2. The van der Waals surface area contributed by atoms with E-state index in [4.69, 9.17) is 0 Å². The van der Waals surface area contributed by atoms with Crippen LogP contribution in [-0.4, -0.2) is 28.2 Å². The van der Waals surface area contributed by atoms with E-state index in [2.05, 4.69) is 44.9 Å². The molecule has 2 aromatic carbocycles. The lowest BCUT2D eigenvalue weighted by Gasteiger charge is -2.10. The van der Waals surface area contributed by atoms with Crippen LogP contribution in [0.15, 0.2) is 60.8 Å². The van der Waals surface area contributed by atoms with Crippen molar-refractivity contribution < 1.29 is 4.79 Å². The molecule has 0 unspecified atom stereocenters. The summed E-state index contributed by atoms with van der Waals surface area (Å²) in [6.07, 6.45) is 2.04. The number of anilines is 2. The first kappa shape index (κ1) is 17.5. The number of thioether (sulfide) groups is 1. The van der Waals surface area contributed by atoms with Gasteiger partial charge in [-0.2, -0.15) is 11.8 Å². The van der Waals surface area contributed by atoms with Gasteiger partial charge >= 0.3 is 0 Å². The zero-order valence-corrected chi connectivity index (χ0v) is 15.6. The molecule has 0 atom stereocenters. The Bertz CT molecular complexity index is 946. The van der Waals surface area contributed by atoms with Gasteiger partial charge in [-0.1, -0.05) is 48.5 Å². The van der Waals surface area contributed by atoms with Crippen LogP contribution in [0.4, 0.5) is 11.6 Å². The molecule has 0 fully saturated rings. The Hall–Kier alpha value is -2.86. The molecular weight excluding hydrogens is 356 g/mol. The quantitative estimate of drug-likeness (QED) is 0.637. The number of hydrogen-bond acceptors (Lipinski definition) is 5. The number of nitrogens with zero attached hydrogens (tertiary/aromatic N) is 2. The van der Waals surface area contributed by atoms with Gasteiger partial charge < -0.3 is 10.6 Å². The Morgan fingerprint density at radius 3 is 2.78 bits per heavy atom. The predicted molar refractivity (Wildman–Crippen MR) is 111 cm³/mol. The van der Waals surface area contributed by atoms with Gasteiger partial charge in [-0.15, -0.1) is 0 Å². The van der Waals surface area contributed by atoms with Crippen LogP contribution in [0.1, 0.15) is 11.1 Å². The van der Waals surface area contributed by atoms with Gasteiger partial charge in [0.25, 0.3) is 0 Å². The fraction of sp³-hybridized carbons (Fsp3) is 0.190. The van der Waals surface area contributed by atoms with Crippen molar-refractivity contribution in [1.29, 1.82) is 0 Å². The van der Waals surface area contributed by atoms with Crippen LogP contribution < -0.4 is 10.6 Å². The molecule has 27 heavy (non-hydrogen) atoms. The minimum absolute atomic E-state index is 0.0391. The molecule has 1 aliphatic heterocycles. The van der Waals surface area contributed by atoms with E-state index in [1.54, 1.807) is 6.20 Å². The van der Waals surface area contributed by atoms with Crippen LogP contribution in [0.25, 0.3) is 11.3 Å². The van der Waals surface area contributed by atoms with Crippen molar-refractivity contribution in [3.05, 3.63) is 71.9 Å². The van der Waals surface area contributed by atoms with Gasteiger partial charge in [0.15, 0.2) is 0 Å². The van der Waals surface area contributed by atoms with E-state index in [-0.39, 0.29) is 12.3 Å². The third kappa shape index (κ3) is 4.28. The van der Waals surface area contributed by atoms with Gasteiger partial charge in [-0.05, 0) is 11.6 Å². The summed E-state index contributed by atoms with van der Waals surface area (Å²) >= 11 is 1.87. The number of aromatic nitrogens is 2. The maximum absolute atomic E-state index is 12.1. The molecule has 1 aliphatic rings. The summed E-state index contributed by atoms with van der Waals surface area (Å²) in [5.74, 6) is 2.52. The van der Waals surface area contributed by atoms with Gasteiger partial charge in [-0.3, -0.25) is 4.79 Å². The Labute approximate surface area is 162 Å². The molecule has 2 N–H and O–H groups in total. The Kier molecular flexibility index (Phi) is 5.34. The maximum atomic E-state index is 12.1. The number of carbonyl (C=O) groups excluding carboxylic acids is 1. The van der Waals surface area contributed by atoms with Crippen molar-refractivity contribution in [3.8, 4) is 11.3 Å². The molecule has 136 valence electrons. The van der Waals surface area contributed by atoms with E-state index < -0.39 is 0 Å². The fourth-order valence-electron chi connectivity index (χ4n) is 3.02. The second-order valence-electron chi connectivity index (χ2n) is 6.30. The summed E-state index contributed by atoms with van der Waals surface area (Å²) in [6.45, 7) is 0.787. The summed E-state index contributed by atoms with van der Waals surface area (Å²) in [5, 5.41) is 6.23. The molecule has 0 saturated carbocycles. The van der Waals surface area contributed by atoms with E-state index >= 15 is 0 Å². The third-order valence-corrected chi connectivity index (χ3v) is 5.34. The van der Waals surface area contributed by atoms with E-state index in [1.807, 2.05) is 42.1 Å². The van der Waals surface area contributed by atoms with Gasteiger partial charge in [0, 0.05) is 35.4 Å². The lowest BCUT2D eigenvalue weighted by molar-refractivity contribution is -0.115. The molecule has 4 rings (SSSR count). The average molecular weight is 376 g/mol. The van der Waals surface area contributed by atoms with Crippen molar-refractivity contribution in [2.75, 3.05) is 22.9 Å². The van der Waals surface area contributed by atoms with Crippen LogP contribution in [0.5, 0.6) is 0 Å². The second kappa shape index (κ2) is 8.22. The third-order valence-electron chi connectivity index (χ3n) is 4.31. The fourth-order valence-corrected chi connectivity index (χ4v) is 3.84. The molecule has 6 heteroatoms. The van der Waals surface area contributed by atoms with Gasteiger partial charge in [0.05, 0.1) is 17.8 Å². The summed E-state index contributed by atoms with van der Waals surface area (Å²) in [4.78, 5) is 21.1. The first-order chi connectivity index (χ1) is 13.3. The molecule has 0 radical (unpaired) electrons. The van der Waals surface area contributed by atoms with E-state index in [1.165, 1.54) is 5.56 Å². The largest absolute Gasteiger partial charge is 0.353 e. The van der Waals surface area contributed by atoms with Gasteiger partial charge in [0.1, 0.15) is 0 Å². The van der Waals surface area contributed by atoms with Crippen molar-refractivity contribution >= 4 is 29.3 Å². The Balaban J connectivity index is 1.41. The van der Waals surface area contributed by atoms with Crippen LogP contribution in [0.2, 0.25) is 0 Å². The van der Waals surface area contributed by atoms with Crippen LogP contribution in [0.3, 0.4) is 0 Å². The smallest absolute Gasteiger partial charge is 0.228 e. The van der Waals surface area contributed by atoms with Crippen molar-refractivity contribution in [2.45, 2.75) is 12.2 Å². The maximum Gasteiger partial charge on any atom is 0.228 e. The van der Waals surface area contributed by atoms with Crippen LogP contribution >= 0.6 is 11.8 Å². The zero-order chi connectivity index (χ0) is 18.5. The topological polar surface area (TPSA) is 66.9 Å². The lowest BCUT2D eigenvalue weighted by atomic mass is 10.1. The molecule has 0 bridgehead atoms. The van der Waals surface area contributed by atoms with Gasteiger partial charge in [-0.25, -0.2) is 9.97 Å². The molecule has 0 spiro atoms. The minimum Gasteiger partial charge on any atom is -0.353 e. The van der Waals surface area contributed by atoms with Crippen molar-refractivity contribution in [2.24, 2.45) is 0 Å². The van der Waals surface area contributed by atoms with Crippen LogP contribution in [0, 0.1) is 0 Å². The highest BCUT2D eigenvalue weighted by Gasteiger charge is 2.20. The number of hydrogen-bond donors (Lipinski definition) is 2. The normalized spacial score (nSPS) is 12.5. The molecule has 1 aromatic heterocycles. The van der Waals surface area contributed by atoms with Crippen molar-refractivity contribution in [3.63, 3.8) is 0 Å². The molecule has 0 saturated heterocycles. The Morgan fingerprint density at radius 1 is 1.07 bits per heavy atom. The number of carbonyl (C=O) groups is 1. The molecule has 5 nitrogen and oxygen atoms in total. The number of fused-ring (bicyclic) bond motifs is 3. The second-order valence-corrected chi connectivity index (χ2v) is 7.41. The van der Waals surface area contributed by atoms with Crippen molar-refractivity contribution in [1.82, 2.24) is 9.97 Å². The predicted octanol–water partition coefficient (Wildman–Crippen LogP) is 3.98. The standard InChI is InChI=1S/C21H20N4OS/c26-19-12-16-13-23-21(22-10-11-27-14-15-6-2-1-3-7-15)25-20(16)17-8-4-5-9-18(17)24-19/h1-9,13H,10-12,14H2,(H,24,26)(H,22,23,25). The highest BCUT2D eigenvalue weighted by Crippen LogP contribution is 2.32. The van der Waals surface area contributed by atoms with Gasteiger partial charge in [0.2, 0.25) is 11.9 Å². The summed E-state index contributed by atoms with van der Waals surface area (Å²) in [6, 6.07) is 18.2. The molecule has 1 amide bonds. The number of rotatable bonds is 6. The SMILES string of the molecule is O=C1Cc2cnc(NCCSCc3ccccc3)nc2-c2ccccc2N1. The Morgan fingerprint density at radius 2 is 1.89 bits per heavy atom. The highest BCUT2D eigenvalue weighted by molar-refractivity contribution is 7.98. The minimum atomic E-state index is -0.0391. The van der Waals surface area contributed by atoms with E-state index in [0.29, 0.717) is 5.95 Å². The average Bonchev–Trinajstić information content (AvgIpc) is 2.84. The highest BCUT2D eigenvalue weighted by atomic mass is 32.2. The summed E-state index contributed by atoms with van der Waals surface area (Å²) in [5.41, 5.74) is 4.73. The zero-order valence-electron chi connectivity index (χ0n) is 14.8. The first-order valence-electron chi connectivity index (χ1n) is 8.90. The molecule has 0 aliphatic carbocycles. The van der Waals surface area contributed by atoms with E-state index in [0.717, 1.165) is 40.6 Å². The van der Waals surface area contributed by atoms with E-state index in [9.17, 15) is 4.79 Å². The number of nitrogens with one attached hydrogen (secondary N) is 2. The molecule has 2 heterocycles. The number of amides is 1. The molecule has 3 aromatic rings. The summed E-state index contributed by atoms with van der Waals surface area (Å²) in [7, 11) is 0. The first-order valence-corrected chi connectivity index (χ1v) is 10.1. The summed E-state index contributed by atoms with van der Waals surface area (Å²) < 4.78 is 0. The molecular formula is C21H20N4OS. The number of para-hydroxylation sites is 1.